The third-order valence-corrected chi connectivity index (χ3v) is 4.75. The average molecular weight is 352 g/mol. The van der Waals surface area contributed by atoms with Gasteiger partial charge in [-0.25, -0.2) is 0 Å². The predicted molar refractivity (Wildman–Crippen MR) is 99.4 cm³/mol. The molecule has 0 saturated heterocycles. The number of carbonyl (C=O) groups is 2. The lowest BCUT2D eigenvalue weighted by molar-refractivity contribution is -0.127. The Balaban J connectivity index is 1.45. The SMILES string of the molecule is COc1ccc(CNC(=O)C2CC2C(=O)NC(C)c2ccccc2)cc1. The smallest absolute Gasteiger partial charge is 0.224 e. The van der Waals surface area contributed by atoms with E-state index < -0.39 is 0 Å². The van der Waals surface area contributed by atoms with Gasteiger partial charge in [-0.3, -0.25) is 9.59 Å². The van der Waals surface area contributed by atoms with Crippen LogP contribution in [0.15, 0.2) is 54.6 Å². The molecule has 5 heteroatoms. The van der Waals surface area contributed by atoms with Crippen molar-refractivity contribution in [1.82, 2.24) is 10.6 Å². The summed E-state index contributed by atoms with van der Waals surface area (Å²) < 4.78 is 5.12. The van der Waals surface area contributed by atoms with E-state index in [9.17, 15) is 9.59 Å². The van der Waals surface area contributed by atoms with Gasteiger partial charge in [-0.1, -0.05) is 42.5 Å². The molecular weight excluding hydrogens is 328 g/mol. The van der Waals surface area contributed by atoms with Crippen molar-refractivity contribution < 1.29 is 14.3 Å². The van der Waals surface area contributed by atoms with Gasteiger partial charge in [0.15, 0.2) is 0 Å². The Morgan fingerprint density at radius 1 is 1.04 bits per heavy atom. The summed E-state index contributed by atoms with van der Waals surface area (Å²) in [6.07, 6.45) is 0.613. The largest absolute Gasteiger partial charge is 0.497 e. The van der Waals surface area contributed by atoms with Gasteiger partial charge in [0, 0.05) is 6.54 Å². The first-order valence-electron chi connectivity index (χ1n) is 8.84. The van der Waals surface area contributed by atoms with E-state index in [1.165, 1.54) is 0 Å². The molecule has 2 amide bonds. The van der Waals surface area contributed by atoms with Crippen LogP contribution in [0.3, 0.4) is 0 Å². The van der Waals surface area contributed by atoms with Crippen molar-refractivity contribution in [1.29, 1.82) is 0 Å². The van der Waals surface area contributed by atoms with Crippen molar-refractivity contribution in [2.45, 2.75) is 25.9 Å². The summed E-state index contributed by atoms with van der Waals surface area (Å²) in [6, 6.07) is 17.3. The van der Waals surface area contributed by atoms with E-state index in [4.69, 9.17) is 4.74 Å². The number of nitrogens with one attached hydrogen (secondary N) is 2. The predicted octanol–water partition coefficient (Wildman–Crippen LogP) is 2.82. The highest BCUT2D eigenvalue weighted by Crippen LogP contribution is 2.39. The van der Waals surface area contributed by atoms with Crippen LogP contribution in [0.1, 0.15) is 30.5 Å². The fourth-order valence-electron chi connectivity index (χ4n) is 2.98. The monoisotopic (exact) mass is 352 g/mol. The average Bonchev–Trinajstić information content (AvgIpc) is 3.48. The van der Waals surface area contributed by atoms with Crippen LogP contribution in [0.25, 0.3) is 0 Å². The Kier molecular flexibility index (Phi) is 5.56. The lowest BCUT2D eigenvalue weighted by atomic mass is 10.1. The van der Waals surface area contributed by atoms with E-state index in [-0.39, 0.29) is 29.7 Å². The highest BCUT2D eigenvalue weighted by atomic mass is 16.5. The Labute approximate surface area is 153 Å². The van der Waals surface area contributed by atoms with Crippen molar-refractivity contribution in [3.63, 3.8) is 0 Å². The van der Waals surface area contributed by atoms with Crippen LogP contribution in [-0.2, 0) is 16.1 Å². The van der Waals surface area contributed by atoms with Gasteiger partial charge in [0.2, 0.25) is 11.8 Å². The highest BCUT2D eigenvalue weighted by Gasteiger charge is 2.48. The van der Waals surface area contributed by atoms with E-state index in [1.807, 2.05) is 61.5 Å². The maximum atomic E-state index is 12.3. The Morgan fingerprint density at radius 2 is 1.69 bits per heavy atom. The normalized spacial score (nSPS) is 19.3. The van der Waals surface area contributed by atoms with E-state index in [0.29, 0.717) is 13.0 Å². The third kappa shape index (κ3) is 4.42. The van der Waals surface area contributed by atoms with Crippen molar-refractivity contribution in [3.8, 4) is 5.75 Å². The molecule has 136 valence electrons. The Hall–Kier alpha value is -2.82. The van der Waals surface area contributed by atoms with Crippen LogP contribution in [0, 0.1) is 11.8 Å². The molecule has 0 spiro atoms. The topological polar surface area (TPSA) is 67.4 Å². The molecule has 3 unspecified atom stereocenters. The van der Waals surface area contributed by atoms with Crippen molar-refractivity contribution >= 4 is 11.8 Å². The van der Waals surface area contributed by atoms with Crippen LogP contribution < -0.4 is 15.4 Å². The number of benzene rings is 2. The quantitative estimate of drug-likeness (QED) is 0.805. The molecular formula is C21H24N2O3. The van der Waals surface area contributed by atoms with Crippen LogP contribution >= 0.6 is 0 Å². The molecule has 0 radical (unpaired) electrons. The zero-order valence-electron chi connectivity index (χ0n) is 15.1. The molecule has 0 aliphatic heterocycles. The molecule has 0 aromatic heterocycles. The summed E-state index contributed by atoms with van der Waals surface area (Å²) in [5.74, 6) is 0.221. The van der Waals surface area contributed by atoms with Crippen molar-refractivity contribution in [2.75, 3.05) is 7.11 Å². The van der Waals surface area contributed by atoms with Crippen LogP contribution in [0.5, 0.6) is 5.75 Å². The number of hydrogen-bond donors (Lipinski definition) is 2. The molecule has 0 heterocycles. The van der Waals surface area contributed by atoms with E-state index in [2.05, 4.69) is 10.6 Å². The number of rotatable bonds is 7. The second-order valence-corrected chi connectivity index (χ2v) is 6.66. The van der Waals surface area contributed by atoms with E-state index in [0.717, 1.165) is 16.9 Å². The second-order valence-electron chi connectivity index (χ2n) is 6.66. The molecule has 1 fully saturated rings. The van der Waals surface area contributed by atoms with Gasteiger partial charge in [0.1, 0.15) is 5.75 Å². The molecule has 2 N–H and O–H groups in total. The number of methoxy groups -OCH3 is 1. The Bertz CT molecular complexity index is 759. The molecule has 2 aromatic carbocycles. The van der Waals surface area contributed by atoms with Gasteiger partial charge in [0.05, 0.1) is 25.0 Å². The number of hydrogen-bond acceptors (Lipinski definition) is 3. The third-order valence-electron chi connectivity index (χ3n) is 4.75. The molecule has 5 nitrogen and oxygen atoms in total. The Morgan fingerprint density at radius 3 is 2.35 bits per heavy atom. The molecule has 3 atom stereocenters. The highest BCUT2D eigenvalue weighted by molar-refractivity contribution is 5.92. The summed E-state index contributed by atoms with van der Waals surface area (Å²) in [5.41, 5.74) is 2.06. The summed E-state index contributed by atoms with van der Waals surface area (Å²) in [6.45, 7) is 2.41. The first kappa shape index (κ1) is 18.0. The summed E-state index contributed by atoms with van der Waals surface area (Å²) in [7, 11) is 1.62. The van der Waals surface area contributed by atoms with Gasteiger partial charge < -0.3 is 15.4 Å². The van der Waals surface area contributed by atoms with Gasteiger partial charge >= 0.3 is 0 Å². The van der Waals surface area contributed by atoms with Crippen molar-refractivity contribution in [2.24, 2.45) is 11.8 Å². The van der Waals surface area contributed by atoms with Gasteiger partial charge in [-0.05, 0) is 36.6 Å². The fourth-order valence-corrected chi connectivity index (χ4v) is 2.98. The number of carbonyl (C=O) groups excluding carboxylic acids is 2. The van der Waals surface area contributed by atoms with E-state index in [1.54, 1.807) is 7.11 Å². The summed E-state index contributed by atoms with van der Waals surface area (Å²) in [4.78, 5) is 24.6. The lowest BCUT2D eigenvalue weighted by Crippen LogP contribution is -2.31. The lowest BCUT2D eigenvalue weighted by Gasteiger charge is -2.14. The number of amides is 2. The first-order valence-corrected chi connectivity index (χ1v) is 8.84. The van der Waals surface area contributed by atoms with Crippen LogP contribution in [-0.4, -0.2) is 18.9 Å². The van der Waals surface area contributed by atoms with Gasteiger partial charge in [0.25, 0.3) is 0 Å². The summed E-state index contributed by atoms with van der Waals surface area (Å²) >= 11 is 0. The zero-order chi connectivity index (χ0) is 18.5. The number of ether oxygens (including phenoxy) is 1. The molecule has 26 heavy (non-hydrogen) atoms. The maximum absolute atomic E-state index is 12.3. The zero-order valence-corrected chi connectivity index (χ0v) is 15.1. The minimum Gasteiger partial charge on any atom is -0.497 e. The van der Waals surface area contributed by atoms with Crippen LogP contribution in [0.4, 0.5) is 0 Å². The van der Waals surface area contributed by atoms with Crippen LogP contribution in [0.2, 0.25) is 0 Å². The van der Waals surface area contributed by atoms with E-state index >= 15 is 0 Å². The maximum Gasteiger partial charge on any atom is 0.224 e. The molecule has 1 saturated carbocycles. The summed E-state index contributed by atoms with van der Waals surface area (Å²) in [5, 5.41) is 5.91. The minimum atomic E-state index is -0.226. The molecule has 0 bridgehead atoms. The second kappa shape index (κ2) is 8.04. The molecule has 2 aromatic rings. The molecule has 1 aliphatic carbocycles. The minimum absolute atomic E-state index is 0.0500. The molecule has 1 aliphatic rings. The first-order chi connectivity index (χ1) is 12.6. The fraction of sp³-hybridized carbons (Fsp3) is 0.333. The standard InChI is InChI=1S/C21H24N2O3/c1-14(16-6-4-3-5-7-16)23-21(25)19-12-18(19)20(24)22-13-15-8-10-17(26-2)11-9-15/h3-11,14,18-19H,12-13H2,1-2H3,(H,22,24)(H,23,25). The van der Waals surface area contributed by atoms with Gasteiger partial charge in [-0.15, -0.1) is 0 Å². The molecule has 3 rings (SSSR count). The van der Waals surface area contributed by atoms with Gasteiger partial charge in [-0.2, -0.15) is 0 Å². The van der Waals surface area contributed by atoms with Crippen molar-refractivity contribution in [3.05, 3.63) is 65.7 Å².